The number of thiazole rings is 1. The molecule has 0 spiro atoms. The SMILES string of the molecule is CCCn1c(=NC(=O)CS(=O)(=O)c2ccc(C)cc2)sc2cc(OCC)ccc21. The van der Waals surface area contributed by atoms with Gasteiger partial charge in [0.1, 0.15) is 11.5 Å². The molecule has 0 bridgehead atoms. The molecule has 0 aliphatic rings. The smallest absolute Gasteiger partial charge is 0.263 e. The summed E-state index contributed by atoms with van der Waals surface area (Å²) in [5, 5.41) is 0. The second-order valence-corrected chi connectivity index (χ2v) is 9.68. The zero-order valence-corrected chi connectivity index (χ0v) is 18.3. The summed E-state index contributed by atoms with van der Waals surface area (Å²) in [7, 11) is -3.73. The number of amides is 1. The quantitative estimate of drug-likeness (QED) is 0.570. The predicted molar refractivity (Wildman–Crippen MR) is 115 cm³/mol. The Morgan fingerprint density at radius 1 is 1.14 bits per heavy atom. The molecule has 1 heterocycles. The average Bonchev–Trinajstić information content (AvgIpc) is 2.98. The van der Waals surface area contributed by atoms with Crippen molar-refractivity contribution in [3.63, 3.8) is 0 Å². The predicted octanol–water partition coefficient (Wildman–Crippen LogP) is 3.72. The van der Waals surface area contributed by atoms with Crippen molar-refractivity contribution in [2.75, 3.05) is 12.4 Å². The molecule has 3 aromatic rings. The molecular weight excluding hydrogens is 408 g/mol. The summed E-state index contributed by atoms with van der Waals surface area (Å²) in [5.74, 6) is -0.572. The van der Waals surface area contributed by atoms with E-state index in [9.17, 15) is 13.2 Å². The summed E-state index contributed by atoms with van der Waals surface area (Å²) in [6.45, 7) is 7.09. The Kier molecular flexibility index (Phi) is 6.54. The molecule has 0 N–H and O–H groups in total. The lowest BCUT2D eigenvalue weighted by Gasteiger charge is -2.05. The normalized spacial score (nSPS) is 12.4. The van der Waals surface area contributed by atoms with Crippen LogP contribution in [0.3, 0.4) is 0 Å². The van der Waals surface area contributed by atoms with Gasteiger partial charge in [-0.3, -0.25) is 4.79 Å². The number of ether oxygens (including phenoxy) is 1. The van der Waals surface area contributed by atoms with Gasteiger partial charge in [0, 0.05) is 6.54 Å². The van der Waals surface area contributed by atoms with Gasteiger partial charge in [-0.15, -0.1) is 0 Å². The van der Waals surface area contributed by atoms with E-state index >= 15 is 0 Å². The van der Waals surface area contributed by atoms with Crippen LogP contribution in [0.1, 0.15) is 25.8 Å². The molecule has 0 saturated carbocycles. The van der Waals surface area contributed by atoms with Crippen molar-refractivity contribution in [3.8, 4) is 5.75 Å². The van der Waals surface area contributed by atoms with Crippen LogP contribution in [0, 0.1) is 6.92 Å². The maximum Gasteiger partial charge on any atom is 0.263 e. The molecule has 0 aliphatic carbocycles. The Bertz CT molecular complexity index is 1190. The first-order valence-electron chi connectivity index (χ1n) is 9.47. The molecule has 0 fully saturated rings. The van der Waals surface area contributed by atoms with Crippen LogP contribution in [0.5, 0.6) is 5.75 Å². The Morgan fingerprint density at radius 3 is 2.52 bits per heavy atom. The maximum atomic E-state index is 12.5. The second-order valence-electron chi connectivity index (χ2n) is 6.68. The molecule has 29 heavy (non-hydrogen) atoms. The number of carbonyl (C=O) groups excluding carboxylic acids is 1. The summed E-state index contributed by atoms with van der Waals surface area (Å²) < 4.78 is 33.5. The summed E-state index contributed by atoms with van der Waals surface area (Å²) >= 11 is 1.36. The van der Waals surface area contributed by atoms with Crippen LogP contribution in [-0.2, 0) is 21.2 Å². The monoisotopic (exact) mass is 432 g/mol. The van der Waals surface area contributed by atoms with Crippen LogP contribution in [0.25, 0.3) is 10.2 Å². The molecule has 0 saturated heterocycles. The number of benzene rings is 2. The van der Waals surface area contributed by atoms with Gasteiger partial charge in [0.2, 0.25) is 0 Å². The van der Waals surface area contributed by atoms with Crippen LogP contribution in [0.2, 0.25) is 0 Å². The van der Waals surface area contributed by atoms with E-state index in [0.29, 0.717) is 18.0 Å². The number of rotatable bonds is 7. The number of hydrogen-bond donors (Lipinski definition) is 0. The summed E-state index contributed by atoms with van der Waals surface area (Å²) in [5.41, 5.74) is 1.91. The number of hydrogen-bond acceptors (Lipinski definition) is 5. The molecule has 0 unspecified atom stereocenters. The minimum atomic E-state index is -3.73. The van der Waals surface area contributed by atoms with E-state index in [4.69, 9.17) is 4.74 Å². The molecular formula is C21H24N2O4S2. The van der Waals surface area contributed by atoms with Gasteiger partial charge in [0.15, 0.2) is 14.6 Å². The van der Waals surface area contributed by atoms with Crippen LogP contribution in [0.4, 0.5) is 0 Å². The Labute approximate surface area is 174 Å². The first kappa shape index (κ1) is 21.3. The van der Waals surface area contributed by atoms with Crippen molar-refractivity contribution < 1.29 is 17.9 Å². The van der Waals surface area contributed by atoms with Crippen molar-refractivity contribution >= 4 is 37.3 Å². The lowest BCUT2D eigenvalue weighted by atomic mass is 10.2. The average molecular weight is 433 g/mol. The zero-order valence-electron chi connectivity index (χ0n) is 16.7. The van der Waals surface area contributed by atoms with Gasteiger partial charge >= 0.3 is 0 Å². The van der Waals surface area contributed by atoms with Gasteiger partial charge in [0.25, 0.3) is 5.91 Å². The number of aromatic nitrogens is 1. The van der Waals surface area contributed by atoms with Crippen molar-refractivity contribution in [2.45, 2.75) is 38.6 Å². The van der Waals surface area contributed by atoms with Gasteiger partial charge in [-0.25, -0.2) is 8.42 Å². The highest BCUT2D eigenvalue weighted by atomic mass is 32.2. The molecule has 3 rings (SSSR count). The molecule has 6 nitrogen and oxygen atoms in total. The molecule has 0 aliphatic heterocycles. The van der Waals surface area contributed by atoms with Gasteiger partial charge in [-0.1, -0.05) is 36.0 Å². The summed E-state index contributed by atoms with van der Waals surface area (Å²) in [6.07, 6.45) is 0.863. The Morgan fingerprint density at radius 2 is 1.86 bits per heavy atom. The summed E-state index contributed by atoms with van der Waals surface area (Å²) in [6, 6.07) is 12.2. The van der Waals surface area contributed by atoms with E-state index in [1.807, 2.05) is 43.5 Å². The highest BCUT2D eigenvalue weighted by Crippen LogP contribution is 2.23. The zero-order chi connectivity index (χ0) is 21.0. The third kappa shape index (κ3) is 4.94. The molecule has 0 atom stereocenters. The van der Waals surface area contributed by atoms with E-state index in [-0.39, 0.29) is 4.90 Å². The van der Waals surface area contributed by atoms with Gasteiger partial charge in [0.05, 0.1) is 21.7 Å². The summed E-state index contributed by atoms with van der Waals surface area (Å²) in [4.78, 5) is 17.3. The van der Waals surface area contributed by atoms with Gasteiger partial charge < -0.3 is 9.30 Å². The van der Waals surface area contributed by atoms with Gasteiger partial charge in [-0.05, 0) is 50.6 Å². The standard InChI is InChI=1S/C21H24N2O4S2/c1-4-12-23-18-11-8-16(27-5-2)13-19(18)28-21(23)22-20(24)14-29(25,26)17-9-6-15(3)7-10-17/h6-11,13H,4-5,12,14H2,1-3H3. The minimum Gasteiger partial charge on any atom is -0.494 e. The van der Waals surface area contributed by atoms with Crippen LogP contribution in [0.15, 0.2) is 52.4 Å². The lowest BCUT2D eigenvalue weighted by molar-refractivity contribution is -0.115. The van der Waals surface area contributed by atoms with E-state index in [1.165, 1.54) is 23.5 Å². The first-order valence-corrected chi connectivity index (χ1v) is 11.9. The first-order chi connectivity index (χ1) is 13.8. The Hall–Kier alpha value is -2.45. The second kappa shape index (κ2) is 8.92. The van der Waals surface area contributed by atoms with Crippen LogP contribution in [-0.4, -0.2) is 31.3 Å². The van der Waals surface area contributed by atoms with Crippen molar-refractivity contribution in [1.29, 1.82) is 0 Å². The maximum absolute atomic E-state index is 12.5. The molecule has 2 aromatic carbocycles. The molecule has 1 aromatic heterocycles. The molecule has 0 radical (unpaired) electrons. The van der Waals surface area contributed by atoms with E-state index in [1.54, 1.807) is 12.1 Å². The van der Waals surface area contributed by atoms with E-state index in [0.717, 1.165) is 28.0 Å². The fraction of sp³-hybridized carbons (Fsp3) is 0.333. The van der Waals surface area contributed by atoms with Crippen molar-refractivity contribution in [1.82, 2.24) is 4.57 Å². The fourth-order valence-corrected chi connectivity index (χ4v) is 5.17. The molecule has 1 amide bonds. The number of nitrogens with zero attached hydrogens (tertiary/aromatic N) is 2. The lowest BCUT2D eigenvalue weighted by Crippen LogP contribution is -2.21. The molecule has 154 valence electrons. The van der Waals surface area contributed by atoms with E-state index < -0.39 is 21.5 Å². The number of carbonyl (C=O) groups is 1. The van der Waals surface area contributed by atoms with Crippen LogP contribution < -0.4 is 9.54 Å². The third-order valence-electron chi connectivity index (χ3n) is 4.33. The van der Waals surface area contributed by atoms with Gasteiger partial charge in [-0.2, -0.15) is 4.99 Å². The van der Waals surface area contributed by atoms with E-state index in [2.05, 4.69) is 4.99 Å². The largest absolute Gasteiger partial charge is 0.494 e. The van der Waals surface area contributed by atoms with Crippen molar-refractivity contribution in [3.05, 3.63) is 52.8 Å². The highest BCUT2D eigenvalue weighted by molar-refractivity contribution is 7.92. The highest BCUT2D eigenvalue weighted by Gasteiger charge is 2.19. The minimum absolute atomic E-state index is 0.130. The third-order valence-corrected chi connectivity index (χ3v) is 6.98. The van der Waals surface area contributed by atoms with Crippen molar-refractivity contribution in [2.24, 2.45) is 4.99 Å². The fourth-order valence-electron chi connectivity index (χ4n) is 2.97. The Balaban J connectivity index is 1.96. The topological polar surface area (TPSA) is 77.7 Å². The number of fused-ring (bicyclic) bond motifs is 1. The molecule has 8 heteroatoms. The number of aryl methyl sites for hydroxylation is 2. The number of sulfone groups is 1. The van der Waals surface area contributed by atoms with Crippen LogP contribution >= 0.6 is 11.3 Å².